The Bertz CT molecular complexity index is 1230. The van der Waals surface area contributed by atoms with Crippen molar-refractivity contribution in [2.75, 3.05) is 45.6 Å². The van der Waals surface area contributed by atoms with E-state index in [1.165, 1.54) is 17.0 Å². The molecule has 0 spiro atoms. The molecule has 1 saturated heterocycles. The zero-order valence-corrected chi connectivity index (χ0v) is 26.1. The number of methoxy groups -OCH3 is 1. The van der Waals surface area contributed by atoms with Crippen LogP contribution in [0.2, 0.25) is 5.02 Å². The monoisotopic (exact) mass is 605 g/mol. The molecular weight excluding hydrogens is 562 g/mol. The number of carbonyl (C=O) groups is 2. The van der Waals surface area contributed by atoms with Crippen molar-refractivity contribution >= 4 is 33.4 Å². The molecule has 0 aliphatic carbocycles. The molecule has 0 N–H and O–H groups in total. The minimum atomic E-state index is -3.61. The summed E-state index contributed by atoms with van der Waals surface area (Å²) in [6.07, 6.45) is 4.93. The third-order valence-electron chi connectivity index (χ3n) is 7.49. The summed E-state index contributed by atoms with van der Waals surface area (Å²) < 4.78 is 32.2. The summed E-state index contributed by atoms with van der Waals surface area (Å²) in [5.74, 6) is -0.305. The largest absolute Gasteiger partial charge is 0.383 e. The fourth-order valence-corrected chi connectivity index (χ4v) is 6.80. The molecule has 10 heteroatoms. The summed E-state index contributed by atoms with van der Waals surface area (Å²) in [5.41, 5.74) is 2.77. The van der Waals surface area contributed by atoms with Gasteiger partial charge in [-0.15, -0.1) is 0 Å². The van der Waals surface area contributed by atoms with Crippen LogP contribution in [-0.2, 0) is 32.5 Å². The van der Waals surface area contributed by atoms with Crippen LogP contribution in [0.25, 0.3) is 0 Å². The number of piperidine rings is 1. The Morgan fingerprint density at radius 2 is 1.73 bits per heavy atom. The predicted octanol–water partition coefficient (Wildman–Crippen LogP) is 5.00. The molecule has 1 aliphatic rings. The smallest absolute Gasteiger partial charge is 0.253 e. The van der Waals surface area contributed by atoms with E-state index in [1.807, 2.05) is 47.4 Å². The van der Waals surface area contributed by atoms with Crippen molar-refractivity contribution in [3.8, 4) is 0 Å². The molecule has 0 bridgehead atoms. The van der Waals surface area contributed by atoms with E-state index < -0.39 is 10.0 Å². The Labute approximate surface area is 250 Å². The zero-order chi connectivity index (χ0) is 29.8. The number of halogens is 1. The third kappa shape index (κ3) is 9.81. The Morgan fingerprint density at radius 1 is 1.02 bits per heavy atom. The zero-order valence-electron chi connectivity index (χ0n) is 24.6. The predicted molar refractivity (Wildman–Crippen MR) is 164 cm³/mol. The lowest BCUT2D eigenvalue weighted by molar-refractivity contribution is -0.135. The number of ether oxygens (including phenoxy) is 1. The van der Waals surface area contributed by atoms with Crippen LogP contribution in [0.4, 0.5) is 0 Å². The van der Waals surface area contributed by atoms with Gasteiger partial charge >= 0.3 is 0 Å². The molecule has 226 valence electrons. The number of rotatable bonds is 15. The highest BCUT2D eigenvalue weighted by atomic mass is 35.5. The molecule has 8 nitrogen and oxygen atoms in total. The number of carbonyl (C=O) groups excluding carboxylic acids is 2. The van der Waals surface area contributed by atoms with E-state index in [1.54, 1.807) is 17.9 Å². The number of sulfonamides is 1. The van der Waals surface area contributed by atoms with Crippen LogP contribution in [0.1, 0.15) is 67.4 Å². The first-order valence-electron chi connectivity index (χ1n) is 14.6. The molecule has 0 atom stereocenters. The van der Waals surface area contributed by atoms with E-state index in [0.717, 1.165) is 24.8 Å². The van der Waals surface area contributed by atoms with Gasteiger partial charge in [0, 0.05) is 49.9 Å². The average molecular weight is 606 g/mol. The van der Waals surface area contributed by atoms with E-state index >= 15 is 0 Å². The summed E-state index contributed by atoms with van der Waals surface area (Å²) in [6, 6.07) is 15.1. The van der Waals surface area contributed by atoms with Crippen LogP contribution in [0, 0.1) is 0 Å². The molecule has 3 rings (SSSR count). The topological polar surface area (TPSA) is 87.2 Å². The SMILES string of the molecule is CCCCc1ccc(C(=O)N2CCC(N(Cc3cccc(Cl)c3)C(=O)CN(CCOC)S(=O)(=O)CCC)CC2)cc1. The number of benzene rings is 2. The van der Waals surface area contributed by atoms with Gasteiger partial charge in [0.15, 0.2) is 0 Å². The van der Waals surface area contributed by atoms with Crippen LogP contribution >= 0.6 is 11.6 Å². The Kier molecular flexibility index (Phi) is 13.1. The number of hydrogen-bond acceptors (Lipinski definition) is 5. The lowest BCUT2D eigenvalue weighted by atomic mass is 10.0. The van der Waals surface area contributed by atoms with Gasteiger partial charge in [-0.3, -0.25) is 9.59 Å². The van der Waals surface area contributed by atoms with Crippen molar-refractivity contribution in [3.05, 3.63) is 70.2 Å². The van der Waals surface area contributed by atoms with Crippen molar-refractivity contribution < 1.29 is 22.7 Å². The van der Waals surface area contributed by atoms with E-state index in [9.17, 15) is 18.0 Å². The van der Waals surface area contributed by atoms with Gasteiger partial charge in [-0.2, -0.15) is 4.31 Å². The van der Waals surface area contributed by atoms with Gasteiger partial charge in [0.2, 0.25) is 15.9 Å². The molecule has 1 aliphatic heterocycles. The molecule has 41 heavy (non-hydrogen) atoms. The summed E-state index contributed by atoms with van der Waals surface area (Å²) >= 11 is 6.23. The Morgan fingerprint density at radius 3 is 2.34 bits per heavy atom. The van der Waals surface area contributed by atoms with Crippen LogP contribution in [0.5, 0.6) is 0 Å². The van der Waals surface area contributed by atoms with Crippen LogP contribution in [0.3, 0.4) is 0 Å². The standard InChI is InChI=1S/C31H44ClN3O5S/c1-4-6-8-25-11-13-27(14-12-25)31(37)33-17-15-29(16-18-33)35(23-26-9-7-10-28(32)22-26)30(36)24-34(19-20-40-3)41(38,39)21-5-2/h7,9-14,22,29H,4-6,8,15-21,23-24H2,1-3H3. The summed E-state index contributed by atoms with van der Waals surface area (Å²) in [4.78, 5) is 30.6. The number of aryl methyl sites for hydroxylation is 1. The lowest BCUT2D eigenvalue weighted by Gasteiger charge is -2.39. The molecule has 2 amide bonds. The summed E-state index contributed by atoms with van der Waals surface area (Å²) in [7, 11) is -2.10. The maximum Gasteiger partial charge on any atom is 0.253 e. The molecular formula is C31H44ClN3O5S. The van der Waals surface area contributed by atoms with Crippen LogP contribution < -0.4 is 0 Å². The van der Waals surface area contributed by atoms with Gasteiger partial charge in [0.1, 0.15) is 0 Å². The normalized spacial score (nSPS) is 14.4. The molecule has 1 fully saturated rings. The Balaban J connectivity index is 1.74. The lowest BCUT2D eigenvalue weighted by Crippen LogP contribution is -2.51. The number of likely N-dealkylation sites (tertiary alicyclic amines) is 1. The summed E-state index contributed by atoms with van der Waals surface area (Å²) in [6.45, 7) is 5.36. The molecule has 0 aromatic heterocycles. The van der Waals surface area contributed by atoms with Gasteiger partial charge in [-0.05, 0) is 67.5 Å². The molecule has 0 saturated carbocycles. The number of unbranched alkanes of at least 4 members (excludes halogenated alkanes) is 1. The Hall–Kier alpha value is -2.46. The minimum absolute atomic E-state index is 0.00499. The highest BCUT2D eigenvalue weighted by Crippen LogP contribution is 2.23. The number of nitrogens with zero attached hydrogens (tertiary/aromatic N) is 3. The maximum atomic E-state index is 13.8. The second kappa shape index (κ2) is 16.2. The van der Waals surface area contributed by atoms with E-state index in [4.69, 9.17) is 16.3 Å². The van der Waals surface area contributed by atoms with Gasteiger partial charge in [-0.1, -0.05) is 56.1 Å². The van der Waals surface area contributed by atoms with Crippen molar-refractivity contribution in [1.82, 2.24) is 14.1 Å². The van der Waals surface area contributed by atoms with Crippen molar-refractivity contribution in [2.24, 2.45) is 0 Å². The first-order chi connectivity index (χ1) is 19.7. The third-order valence-corrected chi connectivity index (χ3v) is 9.74. The average Bonchev–Trinajstić information content (AvgIpc) is 2.97. The fraction of sp³-hybridized carbons (Fsp3) is 0.548. The summed E-state index contributed by atoms with van der Waals surface area (Å²) in [5, 5.41) is 0.572. The van der Waals surface area contributed by atoms with Gasteiger partial charge in [-0.25, -0.2) is 8.42 Å². The first-order valence-corrected chi connectivity index (χ1v) is 16.6. The van der Waals surface area contributed by atoms with E-state index in [0.29, 0.717) is 49.5 Å². The molecule has 2 aromatic carbocycles. The van der Waals surface area contributed by atoms with Gasteiger partial charge < -0.3 is 14.5 Å². The molecule has 2 aromatic rings. The second-order valence-corrected chi connectivity index (χ2v) is 13.1. The minimum Gasteiger partial charge on any atom is -0.383 e. The van der Waals surface area contributed by atoms with Crippen LogP contribution in [-0.4, -0.2) is 86.0 Å². The van der Waals surface area contributed by atoms with E-state index in [-0.39, 0.29) is 43.3 Å². The molecule has 0 radical (unpaired) electrons. The van der Waals surface area contributed by atoms with Crippen molar-refractivity contribution in [3.63, 3.8) is 0 Å². The molecule has 0 unspecified atom stereocenters. The highest BCUT2D eigenvalue weighted by Gasteiger charge is 2.33. The molecule has 1 heterocycles. The second-order valence-electron chi connectivity index (χ2n) is 10.6. The quantitative estimate of drug-likeness (QED) is 0.285. The van der Waals surface area contributed by atoms with E-state index in [2.05, 4.69) is 6.92 Å². The number of amides is 2. The highest BCUT2D eigenvalue weighted by molar-refractivity contribution is 7.89. The first kappa shape index (κ1) is 33.0. The van der Waals surface area contributed by atoms with Gasteiger partial charge in [0.25, 0.3) is 5.91 Å². The maximum absolute atomic E-state index is 13.8. The number of hydrogen-bond donors (Lipinski definition) is 0. The fourth-order valence-electron chi connectivity index (χ4n) is 5.15. The van der Waals surface area contributed by atoms with Crippen molar-refractivity contribution in [1.29, 1.82) is 0 Å². The van der Waals surface area contributed by atoms with Gasteiger partial charge in [0.05, 0.1) is 18.9 Å². The van der Waals surface area contributed by atoms with Crippen LogP contribution in [0.15, 0.2) is 48.5 Å². The van der Waals surface area contributed by atoms with Crippen molar-refractivity contribution in [2.45, 2.75) is 65.0 Å².